The number of aliphatic hydroxyl groups excluding tert-OH is 1. The molecule has 1 rings (SSSR count). The normalized spacial score (nSPS) is 14.8. The van der Waals surface area contributed by atoms with E-state index < -0.39 is 0 Å². The summed E-state index contributed by atoms with van der Waals surface area (Å²) in [5.41, 5.74) is 1.27. The lowest BCUT2D eigenvalue weighted by molar-refractivity contribution is 0.0989. The number of halogens is 1. The fourth-order valence-corrected chi connectivity index (χ4v) is 2.53. The van der Waals surface area contributed by atoms with Crippen molar-refractivity contribution in [1.82, 2.24) is 5.32 Å². The summed E-state index contributed by atoms with van der Waals surface area (Å²) >= 11 is 2.31. The SMILES string of the molecule is CCC(CC)C(O)CNC(C)c1ccc(I)cc1. The van der Waals surface area contributed by atoms with Crippen molar-refractivity contribution in [2.24, 2.45) is 5.92 Å². The lowest BCUT2D eigenvalue weighted by Crippen LogP contribution is -2.33. The van der Waals surface area contributed by atoms with Crippen LogP contribution in [0.2, 0.25) is 0 Å². The van der Waals surface area contributed by atoms with Crippen molar-refractivity contribution in [3.8, 4) is 0 Å². The minimum atomic E-state index is -0.244. The predicted molar refractivity (Wildman–Crippen MR) is 85.7 cm³/mol. The summed E-state index contributed by atoms with van der Waals surface area (Å²) in [7, 11) is 0. The maximum Gasteiger partial charge on any atom is 0.0692 e. The molecule has 2 nitrogen and oxygen atoms in total. The molecule has 0 radical (unpaired) electrons. The summed E-state index contributed by atoms with van der Waals surface area (Å²) in [4.78, 5) is 0. The molecular formula is C15H24INO. The molecule has 2 N–H and O–H groups in total. The van der Waals surface area contributed by atoms with Crippen molar-refractivity contribution in [2.45, 2.75) is 45.8 Å². The second-order valence-electron chi connectivity index (χ2n) is 4.83. The van der Waals surface area contributed by atoms with Crippen LogP contribution in [-0.2, 0) is 0 Å². The number of hydrogen-bond acceptors (Lipinski definition) is 2. The Kier molecular flexibility index (Phi) is 7.19. The minimum Gasteiger partial charge on any atom is -0.392 e. The molecule has 0 aliphatic rings. The molecule has 18 heavy (non-hydrogen) atoms. The van der Waals surface area contributed by atoms with Crippen molar-refractivity contribution in [1.29, 1.82) is 0 Å². The molecule has 0 heterocycles. The van der Waals surface area contributed by atoms with Crippen LogP contribution in [0.25, 0.3) is 0 Å². The summed E-state index contributed by atoms with van der Waals surface area (Å²) in [5.74, 6) is 0.404. The first-order valence-electron chi connectivity index (χ1n) is 6.75. The lowest BCUT2D eigenvalue weighted by atomic mass is 9.96. The molecule has 1 aromatic rings. The molecule has 102 valence electrons. The van der Waals surface area contributed by atoms with Gasteiger partial charge >= 0.3 is 0 Å². The maximum absolute atomic E-state index is 10.1. The standard InChI is InChI=1S/C15H24INO/c1-4-12(5-2)15(18)10-17-11(3)13-6-8-14(16)9-7-13/h6-9,11-12,15,17-18H,4-5,10H2,1-3H3. The van der Waals surface area contributed by atoms with E-state index in [1.807, 2.05) is 0 Å². The van der Waals surface area contributed by atoms with Gasteiger partial charge in [-0.2, -0.15) is 0 Å². The summed E-state index contributed by atoms with van der Waals surface area (Å²) in [6.45, 7) is 7.08. The van der Waals surface area contributed by atoms with Crippen molar-refractivity contribution >= 4 is 22.6 Å². The Morgan fingerprint density at radius 1 is 1.17 bits per heavy atom. The second-order valence-corrected chi connectivity index (χ2v) is 6.07. The largest absolute Gasteiger partial charge is 0.392 e. The molecule has 0 fully saturated rings. The van der Waals surface area contributed by atoms with Gasteiger partial charge in [-0.1, -0.05) is 38.8 Å². The van der Waals surface area contributed by atoms with Crippen LogP contribution in [0.1, 0.15) is 45.2 Å². The highest BCUT2D eigenvalue weighted by molar-refractivity contribution is 14.1. The Labute approximate surface area is 124 Å². The molecule has 3 heteroatoms. The van der Waals surface area contributed by atoms with Gasteiger partial charge in [-0.05, 0) is 53.1 Å². The van der Waals surface area contributed by atoms with E-state index in [2.05, 4.69) is 72.9 Å². The summed E-state index contributed by atoms with van der Waals surface area (Å²) in [6, 6.07) is 8.80. The number of aliphatic hydroxyl groups is 1. The Morgan fingerprint density at radius 3 is 2.22 bits per heavy atom. The van der Waals surface area contributed by atoms with Crippen molar-refractivity contribution in [3.63, 3.8) is 0 Å². The molecule has 0 aromatic heterocycles. The summed E-state index contributed by atoms with van der Waals surface area (Å²) < 4.78 is 1.25. The zero-order valence-electron chi connectivity index (χ0n) is 11.5. The average molecular weight is 361 g/mol. The first-order valence-corrected chi connectivity index (χ1v) is 7.83. The third-order valence-corrected chi connectivity index (χ3v) is 4.32. The molecule has 2 unspecified atom stereocenters. The van der Waals surface area contributed by atoms with Crippen molar-refractivity contribution in [2.75, 3.05) is 6.54 Å². The highest BCUT2D eigenvalue weighted by Gasteiger charge is 2.16. The Morgan fingerprint density at radius 2 is 1.72 bits per heavy atom. The van der Waals surface area contributed by atoms with Crippen LogP contribution in [0.5, 0.6) is 0 Å². The van der Waals surface area contributed by atoms with Crippen LogP contribution in [0.3, 0.4) is 0 Å². The quantitative estimate of drug-likeness (QED) is 0.726. The van der Waals surface area contributed by atoms with E-state index in [0.717, 1.165) is 12.8 Å². The number of benzene rings is 1. The van der Waals surface area contributed by atoms with E-state index in [9.17, 15) is 5.11 Å². The maximum atomic E-state index is 10.1. The van der Waals surface area contributed by atoms with Gasteiger partial charge in [0, 0.05) is 16.2 Å². The fraction of sp³-hybridized carbons (Fsp3) is 0.600. The molecule has 2 atom stereocenters. The van der Waals surface area contributed by atoms with Crippen LogP contribution in [0, 0.1) is 9.49 Å². The Bertz CT molecular complexity index is 335. The molecule has 0 bridgehead atoms. The lowest BCUT2D eigenvalue weighted by Gasteiger charge is -2.23. The fourth-order valence-electron chi connectivity index (χ4n) is 2.17. The van der Waals surface area contributed by atoms with Gasteiger partial charge in [0.1, 0.15) is 0 Å². The smallest absolute Gasteiger partial charge is 0.0692 e. The average Bonchev–Trinajstić information content (AvgIpc) is 2.38. The number of hydrogen-bond donors (Lipinski definition) is 2. The van der Waals surface area contributed by atoms with Gasteiger partial charge < -0.3 is 10.4 Å². The van der Waals surface area contributed by atoms with E-state index in [1.165, 1.54) is 9.13 Å². The summed E-state index contributed by atoms with van der Waals surface area (Å²) in [5, 5.41) is 13.5. The molecular weight excluding hydrogens is 337 g/mol. The third kappa shape index (κ3) is 4.86. The molecule has 0 saturated carbocycles. The van der Waals surface area contributed by atoms with Crippen LogP contribution in [-0.4, -0.2) is 17.8 Å². The van der Waals surface area contributed by atoms with E-state index in [4.69, 9.17) is 0 Å². The predicted octanol–water partition coefficient (Wildman–Crippen LogP) is 3.74. The molecule has 0 aliphatic heterocycles. The van der Waals surface area contributed by atoms with E-state index >= 15 is 0 Å². The van der Waals surface area contributed by atoms with Gasteiger partial charge in [-0.3, -0.25) is 0 Å². The van der Waals surface area contributed by atoms with Gasteiger partial charge in [0.15, 0.2) is 0 Å². The monoisotopic (exact) mass is 361 g/mol. The van der Waals surface area contributed by atoms with Crippen molar-refractivity contribution < 1.29 is 5.11 Å². The Balaban J connectivity index is 2.45. The molecule has 0 spiro atoms. The minimum absolute atomic E-state index is 0.244. The number of nitrogens with one attached hydrogen (secondary N) is 1. The first kappa shape index (κ1) is 15.9. The highest BCUT2D eigenvalue weighted by atomic mass is 127. The second kappa shape index (κ2) is 8.12. The molecule has 0 saturated heterocycles. The van der Waals surface area contributed by atoms with E-state index in [-0.39, 0.29) is 12.1 Å². The third-order valence-electron chi connectivity index (χ3n) is 3.60. The Hall–Kier alpha value is -0.130. The van der Waals surface area contributed by atoms with Crippen LogP contribution >= 0.6 is 22.6 Å². The first-order chi connectivity index (χ1) is 8.58. The van der Waals surface area contributed by atoms with E-state index in [0.29, 0.717) is 12.5 Å². The molecule has 0 aliphatic carbocycles. The summed E-state index contributed by atoms with van der Waals surface area (Å²) in [6.07, 6.45) is 1.83. The number of rotatable bonds is 7. The van der Waals surface area contributed by atoms with Gasteiger partial charge in [0.25, 0.3) is 0 Å². The zero-order valence-corrected chi connectivity index (χ0v) is 13.6. The topological polar surface area (TPSA) is 32.3 Å². The van der Waals surface area contributed by atoms with Gasteiger partial charge in [-0.15, -0.1) is 0 Å². The molecule has 0 amide bonds. The van der Waals surface area contributed by atoms with Crippen LogP contribution < -0.4 is 5.32 Å². The van der Waals surface area contributed by atoms with Gasteiger partial charge in [-0.25, -0.2) is 0 Å². The van der Waals surface area contributed by atoms with Crippen LogP contribution in [0.15, 0.2) is 24.3 Å². The van der Waals surface area contributed by atoms with E-state index in [1.54, 1.807) is 0 Å². The van der Waals surface area contributed by atoms with Crippen LogP contribution in [0.4, 0.5) is 0 Å². The zero-order chi connectivity index (χ0) is 13.5. The highest BCUT2D eigenvalue weighted by Crippen LogP contribution is 2.16. The van der Waals surface area contributed by atoms with Gasteiger partial charge in [0.05, 0.1) is 6.10 Å². The van der Waals surface area contributed by atoms with Gasteiger partial charge in [0.2, 0.25) is 0 Å². The van der Waals surface area contributed by atoms with Crippen molar-refractivity contribution in [3.05, 3.63) is 33.4 Å². The molecule has 1 aromatic carbocycles.